The number of thiocarbonyl (C=S) groups is 1. The van der Waals surface area contributed by atoms with Gasteiger partial charge in [-0.1, -0.05) is 12.2 Å². The number of rotatable bonds is 11. The van der Waals surface area contributed by atoms with Crippen molar-refractivity contribution in [3.63, 3.8) is 0 Å². The summed E-state index contributed by atoms with van der Waals surface area (Å²) in [4.78, 5) is 0.599. The van der Waals surface area contributed by atoms with Crippen LogP contribution in [0, 0.1) is 5.41 Å². The van der Waals surface area contributed by atoms with Gasteiger partial charge in [0, 0.05) is 32.2 Å². The van der Waals surface area contributed by atoms with Gasteiger partial charge in [0.25, 0.3) is 0 Å². The van der Waals surface area contributed by atoms with Crippen molar-refractivity contribution in [3.8, 4) is 0 Å². The van der Waals surface area contributed by atoms with Gasteiger partial charge in [0.1, 0.15) is 0 Å². The normalized spacial score (nSPS) is 17.0. The van der Waals surface area contributed by atoms with E-state index in [1.807, 2.05) is 0 Å². The van der Waals surface area contributed by atoms with Crippen LogP contribution in [0.4, 0.5) is 0 Å². The minimum absolute atomic E-state index is 0.252. The Kier molecular flexibility index (Phi) is 6.96. The van der Waals surface area contributed by atoms with E-state index >= 15 is 0 Å². The van der Waals surface area contributed by atoms with Crippen molar-refractivity contribution in [2.24, 2.45) is 11.1 Å². The van der Waals surface area contributed by atoms with E-state index in [-0.39, 0.29) is 5.41 Å². The molecule has 0 bridgehead atoms. The van der Waals surface area contributed by atoms with E-state index in [4.69, 9.17) is 32.2 Å². The van der Waals surface area contributed by atoms with Crippen LogP contribution in [-0.4, -0.2) is 45.1 Å². The fourth-order valence-electron chi connectivity index (χ4n) is 1.73. The second-order valence-electron chi connectivity index (χ2n) is 4.65. The molecule has 0 atom stereocenters. The third-order valence-electron chi connectivity index (χ3n) is 2.92. The van der Waals surface area contributed by atoms with Gasteiger partial charge >= 0.3 is 0 Å². The van der Waals surface area contributed by atoms with Gasteiger partial charge in [0.15, 0.2) is 0 Å². The van der Waals surface area contributed by atoms with Gasteiger partial charge in [0.2, 0.25) is 0 Å². The zero-order valence-corrected chi connectivity index (χ0v) is 11.4. The molecule has 5 heteroatoms. The van der Waals surface area contributed by atoms with E-state index in [9.17, 15) is 0 Å². The molecule has 0 aliphatic heterocycles. The minimum atomic E-state index is 0.252. The lowest BCUT2D eigenvalue weighted by Gasteiger charge is -2.14. The van der Waals surface area contributed by atoms with E-state index in [1.165, 1.54) is 12.8 Å². The number of hydrogen-bond donors (Lipinski definition) is 1. The summed E-state index contributed by atoms with van der Waals surface area (Å²) in [7, 11) is 1.69. The van der Waals surface area contributed by atoms with Crippen molar-refractivity contribution in [1.82, 2.24) is 0 Å². The lowest BCUT2D eigenvalue weighted by Crippen LogP contribution is -2.20. The lowest BCUT2D eigenvalue weighted by atomic mass is 10.0. The quantitative estimate of drug-likeness (QED) is 0.451. The molecular weight excluding hydrogens is 238 g/mol. The molecule has 4 nitrogen and oxygen atoms in total. The summed E-state index contributed by atoms with van der Waals surface area (Å²) >= 11 is 4.93. The summed E-state index contributed by atoms with van der Waals surface area (Å²) in [6.07, 6.45) is 4.11. The first kappa shape index (κ1) is 14.8. The molecule has 0 aromatic heterocycles. The first-order valence-electron chi connectivity index (χ1n) is 6.11. The highest BCUT2D eigenvalue weighted by Gasteiger charge is 2.43. The number of hydrogen-bond acceptors (Lipinski definition) is 4. The van der Waals surface area contributed by atoms with Crippen LogP contribution in [0.1, 0.15) is 25.7 Å². The third-order valence-corrected chi connectivity index (χ3v) is 3.07. The molecule has 0 saturated heterocycles. The van der Waals surface area contributed by atoms with Crippen LogP contribution in [-0.2, 0) is 14.2 Å². The maximum atomic E-state index is 5.60. The van der Waals surface area contributed by atoms with Crippen LogP contribution in [0.2, 0.25) is 0 Å². The Bertz CT molecular complexity index is 232. The van der Waals surface area contributed by atoms with Crippen LogP contribution in [0.25, 0.3) is 0 Å². The van der Waals surface area contributed by atoms with Gasteiger partial charge in [-0.15, -0.1) is 0 Å². The first-order chi connectivity index (χ1) is 8.18. The van der Waals surface area contributed by atoms with Crippen LogP contribution in [0.15, 0.2) is 0 Å². The highest BCUT2D eigenvalue weighted by Crippen LogP contribution is 2.48. The predicted molar refractivity (Wildman–Crippen MR) is 71.2 cm³/mol. The third kappa shape index (κ3) is 6.93. The molecule has 0 heterocycles. The predicted octanol–water partition coefficient (Wildman–Crippen LogP) is 1.51. The van der Waals surface area contributed by atoms with Crippen molar-refractivity contribution in [2.75, 3.05) is 40.1 Å². The molecule has 0 aromatic carbocycles. The summed E-state index contributed by atoms with van der Waals surface area (Å²) in [6.45, 7) is 3.53. The van der Waals surface area contributed by atoms with Crippen molar-refractivity contribution in [1.29, 1.82) is 0 Å². The van der Waals surface area contributed by atoms with Crippen molar-refractivity contribution >= 4 is 17.2 Å². The van der Waals surface area contributed by atoms with Crippen molar-refractivity contribution in [2.45, 2.75) is 25.7 Å². The molecule has 2 N–H and O–H groups in total. The van der Waals surface area contributed by atoms with Gasteiger partial charge in [-0.05, 0) is 19.3 Å². The molecule has 1 saturated carbocycles. The van der Waals surface area contributed by atoms with Crippen LogP contribution in [0.3, 0.4) is 0 Å². The SMILES string of the molecule is COCCCOCCOCC1(CC(N)=S)CC1. The molecule has 1 aliphatic rings. The van der Waals surface area contributed by atoms with E-state index in [0.29, 0.717) is 18.2 Å². The van der Waals surface area contributed by atoms with Gasteiger partial charge in [-0.2, -0.15) is 0 Å². The summed E-state index contributed by atoms with van der Waals surface area (Å²) in [5.74, 6) is 0. The lowest BCUT2D eigenvalue weighted by molar-refractivity contribution is 0.0246. The largest absolute Gasteiger partial charge is 0.393 e. The Labute approximate surface area is 109 Å². The zero-order chi connectivity index (χ0) is 12.6. The molecule has 17 heavy (non-hydrogen) atoms. The molecule has 0 unspecified atom stereocenters. The van der Waals surface area contributed by atoms with Gasteiger partial charge < -0.3 is 19.9 Å². The highest BCUT2D eigenvalue weighted by molar-refractivity contribution is 7.80. The van der Waals surface area contributed by atoms with Gasteiger partial charge in [-0.3, -0.25) is 0 Å². The molecule has 0 amide bonds. The molecule has 0 aromatic rings. The number of methoxy groups -OCH3 is 1. The number of nitrogens with two attached hydrogens (primary N) is 1. The second-order valence-corrected chi connectivity index (χ2v) is 5.18. The smallest absolute Gasteiger partial charge is 0.0733 e. The molecule has 0 radical (unpaired) electrons. The van der Waals surface area contributed by atoms with Crippen LogP contribution < -0.4 is 5.73 Å². The Hall–Kier alpha value is -0.230. The topological polar surface area (TPSA) is 53.7 Å². The van der Waals surface area contributed by atoms with E-state index in [1.54, 1.807) is 7.11 Å². The second kappa shape index (κ2) is 7.97. The summed E-state index contributed by atoms with van der Waals surface area (Å²) in [5.41, 5.74) is 5.81. The van der Waals surface area contributed by atoms with Crippen LogP contribution in [0.5, 0.6) is 0 Å². The first-order valence-corrected chi connectivity index (χ1v) is 6.52. The highest BCUT2D eigenvalue weighted by atomic mass is 32.1. The molecule has 1 fully saturated rings. The van der Waals surface area contributed by atoms with E-state index < -0.39 is 0 Å². The molecular formula is C12H23NO3S. The van der Waals surface area contributed by atoms with Crippen molar-refractivity contribution < 1.29 is 14.2 Å². The fraction of sp³-hybridized carbons (Fsp3) is 0.917. The van der Waals surface area contributed by atoms with Crippen LogP contribution >= 0.6 is 12.2 Å². The summed E-state index contributed by atoms with van der Waals surface area (Å²) in [5, 5.41) is 0. The summed E-state index contributed by atoms with van der Waals surface area (Å²) < 4.78 is 15.9. The van der Waals surface area contributed by atoms with E-state index in [2.05, 4.69) is 0 Å². The molecule has 0 spiro atoms. The Morgan fingerprint density at radius 2 is 1.88 bits per heavy atom. The molecule has 1 rings (SSSR count). The Morgan fingerprint density at radius 3 is 2.47 bits per heavy atom. The Balaban J connectivity index is 1.89. The fourth-order valence-corrected chi connectivity index (χ4v) is 2.04. The number of ether oxygens (including phenoxy) is 3. The maximum Gasteiger partial charge on any atom is 0.0733 e. The Morgan fingerprint density at radius 1 is 1.18 bits per heavy atom. The standard InChI is InChI=1S/C12H23NO3S/c1-14-5-2-6-15-7-8-16-10-12(3-4-12)9-11(13)17/h2-10H2,1H3,(H2,13,17). The van der Waals surface area contributed by atoms with Gasteiger partial charge in [0.05, 0.1) is 24.8 Å². The average molecular weight is 261 g/mol. The monoisotopic (exact) mass is 261 g/mol. The average Bonchev–Trinajstić information content (AvgIpc) is 3.01. The molecule has 100 valence electrons. The van der Waals surface area contributed by atoms with Gasteiger partial charge in [-0.25, -0.2) is 0 Å². The molecule has 1 aliphatic carbocycles. The minimum Gasteiger partial charge on any atom is -0.393 e. The van der Waals surface area contributed by atoms with Crippen molar-refractivity contribution in [3.05, 3.63) is 0 Å². The zero-order valence-electron chi connectivity index (χ0n) is 10.6. The summed E-state index contributed by atoms with van der Waals surface area (Å²) in [6, 6.07) is 0. The maximum absolute atomic E-state index is 5.60. The van der Waals surface area contributed by atoms with E-state index in [0.717, 1.165) is 32.7 Å².